The fraction of sp³-hybridized carbons (Fsp3) is 1.00. The molecule has 3 nitrogen and oxygen atoms in total. The lowest BCUT2D eigenvalue weighted by Gasteiger charge is -2.09. The number of unbranched alkanes of at least 4 members (excludes halogenated alkanes) is 6. The molecule has 1 unspecified atom stereocenters. The minimum absolute atomic E-state index is 0.261. The number of nitrogens with two attached hydrogens (primary N) is 2. The molecule has 0 amide bonds. The normalized spacial score (nSPS) is 12.8. The van der Waals surface area contributed by atoms with Gasteiger partial charge in [-0.1, -0.05) is 45.4 Å². The summed E-state index contributed by atoms with van der Waals surface area (Å²) in [6.07, 6.45) is 12.4. The zero-order chi connectivity index (χ0) is 13.5. The lowest BCUT2D eigenvalue weighted by atomic mass is 10.1. The van der Waals surface area contributed by atoms with Crippen LogP contribution >= 0.6 is 0 Å². The molecule has 0 aromatic rings. The Morgan fingerprint density at radius 2 is 1.44 bits per heavy atom. The summed E-state index contributed by atoms with van der Waals surface area (Å²) in [7, 11) is 0. The van der Waals surface area contributed by atoms with E-state index in [1.807, 2.05) is 0 Å². The van der Waals surface area contributed by atoms with Gasteiger partial charge in [-0.05, 0) is 32.2 Å². The average molecular weight is 258 g/mol. The lowest BCUT2D eigenvalue weighted by Crippen LogP contribution is -2.23. The molecule has 1 atom stereocenters. The van der Waals surface area contributed by atoms with E-state index in [1.54, 1.807) is 0 Å². The van der Waals surface area contributed by atoms with Gasteiger partial charge in [-0.3, -0.25) is 0 Å². The van der Waals surface area contributed by atoms with Crippen LogP contribution in [0.3, 0.4) is 0 Å². The van der Waals surface area contributed by atoms with Gasteiger partial charge in [0.15, 0.2) is 0 Å². The molecule has 0 radical (unpaired) electrons. The van der Waals surface area contributed by atoms with Gasteiger partial charge in [0, 0.05) is 19.3 Å². The van der Waals surface area contributed by atoms with E-state index < -0.39 is 0 Å². The minimum Gasteiger partial charge on any atom is -0.381 e. The van der Waals surface area contributed by atoms with E-state index in [1.165, 1.54) is 44.9 Å². The molecule has 0 aromatic carbocycles. The van der Waals surface area contributed by atoms with Gasteiger partial charge in [0.1, 0.15) is 0 Å². The first-order chi connectivity index (χ1) is 8.81. The highest BCUT2D eigenvalue weighted by Crippen LogP contribution is 2.07. The Hall–Kier alpha value is -0.120. The molecule has 0 spiro atoms. The number of rotatable bonds is 14. The van der Waals surface area contributed by atoms with E-state index in [0.29, 0.717) is 6.54 Å². The van der Waals surface area contributed by atoms with Gasteiger partial charge < -0.3 is 16.2 Å². The largest absolute Gasteiger partial charge is 0.381 e. The van der Waals surface area contributed by atoms with Crippen molar-refractivity contribution in [1.29, 1.82) is 0 Å². The van der Waals surface area contributed by atoms with Crippen LogP contribution in [-0.4, -0.2) is 25.8 Å². The summed E-state index contributed by atoms with van der Waals surface area (Å²) in [5, 5.41) is 0. The van der Waals surface area contributed by atoms with Crippen molar-refractivity contribution in [3.8, 4) is 0 Å². The maximum Gasteiger partial charge on any atom is 0.0466 e. The molecule has 110 valence electrons. The highest BCUT2D eigenvalue weighted by Gasteiger charge is 2.00. The predicted octanol–water partition coefficient (Wildman–Crippen LogP) is 3.21. The second-order valence-corrected chi connectivity index (χ2v) is 5.21. The molecule has 0 fully saturated rings. The molecule has 0 aliphatic carbocycles. The number of hydrogen-bond donors (Lipinski definition) is 2. The summed E-state index contributed by atoms with van der Waals surface area (Å²) in [6.45, 7) is 4.72. The van der Waals surface area contributed by atoms with E-state index in [0.717, 1.165) is 32.5 Å². The van der Waals surface area contributed by atoms with Crippen molar-refractivity contribution in [2.75, 3.05) is 19.8 Å². The van der Waals surface area contributed by atoms with Crippen molar-refractivity contribution < 1.29 is 4.74 Å². The Labute approximate surface area is 114 Å². The first-order valence-electron chi connectivity index (χ1n) is 7.84. The third-order valence-corrected chi connectivity index (χ3v) is 3.29. The minimum atomic E-state index is 0.261. The lowest BCUT2D eigenvalue weighted by molar-refractivity contribution is 0.124. The second-order valence-electron chi connectivity index (χ2n) is 5.21. The molecule has 0 heterocycles. The topological polar surface area (TPSA) is 61.3 Å². The predicted molar refractivity (Wildman–Crippen MR) is 79.7 cm³/mol. The van der Waals surface area contributed by atoms with Crippen LogP contribution in [0.2, 0.25) is 0 Å². The van der Waals surface area contributed by atoms with Crippen molar-refractivity contribution in [3.05, 3.63) is 0 Å². The Morgan fingerprint density at radius 1 is 0.833 bits per heavy atom. The van der Waals surface area contributed by atoms with Crippen molar-refractivity contribution in [2.45, 2.75) is 77.2 Å². The van der Waals surface area contributed by atoms with Gasteiger partial charge in [-0.15, -0.1) is 0 Å². The van der Waals surface area contributed by atoms with Crippen LogP contribution in [0.25, 0.3) is 0 Å². The van der Waals surface area contributed by atoms with E-state index in [2.05, 4.69) is 6.92 Å². The Bertz CT molecular complexity index is 153. The zero-order valence-corrected chi connectivity index (χ0v) is 12.3. The van der Waals surface area contributed by atoms with Gasteiger partial charge >= 0.3 is 0 Å². The SMILES string of the molecule is CCCCCCCCCOCCCC(N)CCN. The molecule has 3 heteroatoms. The van der Waals surface area contributed by atoms with Gasteiger partial charge in [-0.2, -0.15) is 0 Å². The van der Waals surface area contributed by atoms with E-state index in [4.69, 9.17) is 16.2 Å². The highest BCUT2D eigenvalue weighted by atomic mass is 16.5. The van der Waals surface area contributed by atoms with Gasteiger partial charge in [0.2, 0.25) is 0 Å². The summed E-state index contributed by atoms with van der Waals surface area (Å²) >= 11 is 0. The molecule has 4 N–H and O–H groups in total. The molecule has 0 aliphatic rings. The van der Waals surface area contributed by atoms with Crippen LogP contribution in [0.5, 0.6) is 0 Å². The third kappa shape index (κ3) is 13.9. The maximum atomic E-state index is 5.87. The van der Waals surface area contributed by atoms with Gasteiger partial charge in [0.05, 0.1) is 0 Å². The molecule has 0 aliphatic heterocycles. The molecular weight excluding hydrogens is 224 g/mol. The molecule has 0 saturated carbocycles. The summed E-state index contributed by atoms with van der Waals surface area (Å²) in [4.78, 5) is 0. The summed E-state index contributed by atoms with van der Waals surface area (Å²) in [5.74, 6) is 0. The quantitative estimate of drug-likeness (QED) is 0.470. The average Bonchev–Trinajstić information content (AvgIpc) is 2.36. The van der Waals surface area contributed by atoms with Crippen LogP contribution in [0, 0.1) is 0 Å². The number of ether oxygens (including phenoxy) is 1. The standard InChI is InChI=1S/C15H34N2O/c1-2-3-4-5-6-7-8-13-18-14-9-10-15(17)11-12-16/h15H,2-14,16-17H2,1H3. The summed E-state index contributed by atoms with van der Waals surface area (Å²) in [5.41, 5.74) is 11.3. The third-order valence-electron chi connectivity index (χ3n) is 3.29. The second kappa shape index (κ2) is 14.9. The molecular formula is C15H34N2O. The number of hydrogen-bond acceptors (Lipinski definition) is 3. The highest BCUT2D eigenvalue weighted by molar-refractivity contribution is 4.60. The fourth-order valence-electron chi connectivity index (χ4n) is 2.07. The maximum absolute atomic E-state index is 5.87. The van der Waals surface area contributed by atoms with Crippen LogP contribution in [-0.2, 0) is 4.74 Å². The van der Waals surface area contributed by atoms with Crippen LogP contribution in [0.4, 0.5) is 0 Å². The summed E-state index contributed by atoms with van der Waals surface area (Å²) < 4.78 is 5.60. The molecule has 0 rings (SSSR count). The first kappa shape index (κ1) is 17.9. The Kier molecular flexibility index (Phi) is 14.8. The van der Waals surface area contributed by atoms with Crippen LogP contribution in [0.1, 0.15) is 71.1 Å². The zero-order valence-electron chi connectivity index (χ0n) is 12.3. The van der Waals surface area contributed by atoms with Crippen molar-refractivity contribution in [1.82, 2.24) is 0 Å². The van der Waals surface area contributed by atoms with E-state index >= 15 is 0 Å². The summed E-state index contributed by atoms with van der Waals surface area (Å²) in [6, 6.07) is 0.261. The smallest absolute Gasteiger partial charge is 0.0466 e. The monoisotopic (exact) mass is 258 g/mol. The van der Waals surface area contributed by atoms with Crippen molar-refractivity contribution in [2.24, 2.45) is 11.5 Å². The fourth-order valence-corrected chi connectivity index (χ4v) is 2.07. The first-order valence-corrected chi connectivity index (χ1v) is 7.84. The van der Waals surface area contributed by atoms with Gasteiger partial charge in [-0.25, -0.2) is 0 Å². The van der Waals surface area contributed by atoms with E-state index in [9.17, 15) is 0 Å². The van der Waals surface area contributed by atoms with Gasteiger partial charge in [0.25, 0.3) is 0 Å². The molecule has 0 saturated heterocycles. The molecule has 0 aromatic heterocycles. The molecule has 0 bridgehead atoms. The van der Waals surface area contributed by atoms with Crippen LogP contribution in [0.15, 0.2) is 0 Å². The van der Waals surface area contributed by atoms with E-state index in [-0.39, 0.29) is 6.04 Å². The van der Waals surface area contributed by atoms with Crippen molar-refractivity contribution >= 4 is 0 Å². The Morgan fingerprint density at radius 3 is 2.11 bits per heavy atom. The molecule has 18 heavy (non-hydrogen) atoms. The van der Waals surface area contributed by atoms with Crippen LogP contribution < -0.4 is 11.5 Å². The Balaban J connectivity index is 2.98. The van der Waals surface area contributed by atoms with Crippen molar-refractivity contribution in [3.63, 3.8) is 0 Å².